The summed E-state index contributed by atoms with van der Waals surface area (Å²) in [6.45, 7) is 1.70. The molecule has 0 saturated heterocycles. The van der Waals surface area contributed by atoms with Crippen molar-refractivity contribution in [3.05, 3.63) is 36.0 Å². The van der Waals surface area contributed by atoms with Gasteiger partial charge in [0.05, 0.1) is 21.2 Å². The Hall–Kier alpha value is -1.91. The lowest BCUT2D eigenvalue weighted by Crippen LogP contribution is -2.23. The van der Waals surface area contributed by atoms with E-state index in [1.165, 1.54) is 49.1 Å². The van der Waals surface area contributed by atoms with Crippen molar-refractivity contribution in [1.82, 2.24) is 4.98 Å². The summed E-state index contributed by atoms with van der Waals surface area (Å²) >= 11 is 2.90. The molecule has 1 amide bonds. The van der Waals surface area contributed by atoms with Crippen LogP contribution in [0.1, 0.15) is 50.5 Å². The Kier molecular flexibility index (Phi) is 8.72. The number of carbonyl (C=O) groups is 2. The van der Waals surface area contributed by atoms with Gasteiger partial charge < -0.3 is 10.1 Å². The Morgan fingerprint density at radius 2 is 1.94 bits per heavy atom. The van der Waals surface area contributed by atoms with Crippen molar-refractivity contribution in [2.24, 2.45) is 5.92 Å². The fourth-order valence-electron chi connectivity index (χ4n) is 3.83. The summed E-state index contributed by atoms with van der Waals surface area (Å²) in [6, 6.07) is 6.63. The highest BCUT2D eigenvalue weighted by Gasteiger charge is 2.27. The van der Waals surface area contributed by atoms with Gasteiger partial charge in [-0.25, -0.2) is 13.4 Å². The molecule has 0 unspecified atom stereocenters. The van der Waals surface area contributed by atoms with Crippen molar-refractivity contribution in [3.8, 4) is 0 Å². The second-order valence-corrected chi connectivity index (χ2v) is 12.4. The second-order valence-electron chi connectivity index (χ2n) is 7.94. The molecule has 1 N–H and O–H groups in total. The molecule has 1 aromatic carbocycles. The summed E-state index contributed by atoms with van der Waals surface area (Å²) in [7, 11) is -3.29. The number of ether oxygens (including phenoxy) is 1. The van der Waals surface area contributed by atoms with E-state index < -0.39 is 9.84 Å². The quantitative estimate of drug-likeness (QED) is 0.293. The van der Waals surface area contributed by atoms with Crippen LogP contribution in [0.15, 0.2) is 39.6 Å². The third-order valence-corrected chi connectivity index (χ3v) is 8.62. The Morgan fingerprint density at radius 3 is 2.56 bits per heavy atom. The smallest absolute Gasteiger partial charge is 0.302 e. The molecule has 0 spiro atoms. The zero-order chi connectivity index (χ0) is 23.1. The molecule has 0 radical (unpaired) electrons. The second kappa shape index (κ2) is 11.3. The van der Waals surface area contributed by atoms with Crippen LogP contribution in [0, 0.1) is 5.92 Å². The van der Waals surface area contributed by atoms with Crippen LogP contribution >= 0.6 is 23.1 Å². The van der Waals surface area contributed by atoms with E-state index in [-0.39, 0.29) is 22.7 Å². The molecule has 1 aliphatic carbocycles. The molecular formula is C22H28N2O5S3. The maximum absolute atomic E-state index is 13.2. The van der Waals surface area contributed by atoms with Crippen molar-refractivity contribution >= 4 is 49.9 Å². The van der Waals surface area contributed by atoms with Gasteiger partial charge in [0.25, 0.3) is 0 Å². The van der Waals surface area contributed by atoms with Crippen LogP contribution < -0.4 is 5.32 Å². The number of thioether (sulfide) groups is 1. The summed E-state index contributed by atoms with van der Waals surface area (Å²) < 4.78 is 29.4. The lowest BCUT2D eigenvalue weighted by molar-refractivity contribution is -0.140. The van der Waals surface area contributed by atoms with Crippen molar-refractivity contribution in [1.29, 1.82) is 0 Å². The third kappa shape index (κ3) is 7.31. The van der Waals surface area contributed by atoms with E-state index in [0.29, 0.717) is 23.4 Å². The highest BCUT2D eigenvalue weighted by molar-refractivity contribution is 8.01. The fourth-order valence-corrected chi connectivity index (χ4v) is 6.23. The van der Waals surface area contributed by atoms with E-state index in [0.717, 1.165) is 29.0 Å². The van der Waals surface area contributed by atoms with Gasteiger partial charge in [-0.05, 0) is 30.0 Å². The zero-order valence-electron chi connectivity index (χ0n) is 18.2. The number of aromatic nitrogens is 1. The van der Waals surface area contributed by atoms with E-state index in [1.54, 1.807) is 30.5 Å². The minimum absolute atomic E-state index is 0.130. The Bertz CT molecular complexity index is 1030. The van der Waals surface area contributed by atoms with Crippen LogP contribution in [0.4, 0.5) is 5.13 Å². The highest BCUT2D eigenvalue weighted by atomic mass is 32.2. The minimum atomic E-state index is -3.29. The molecule has 10 heteroatoms. The number of benzene rings is 1. The van der Waals surface area contributed by atoms with E-state index in [1.807, 2.05) is 0 Å². The van der Waals surface area contributed by atoms with E-state index >= 15 is 0 Å². The van der Waals surface area contributed by atoms with Crippen molar-refractivity contribution in [2.45, 2.75) is 54.1 Å². The van der Waals surface area contributed by atoms with Gasteiger partial charge in [-0.1, -0.05) is 49.2 Å². The number of nitrogens with zero attached hydrogens (tertiary/aromatic N) is 1. The van der Waals surface area contributed by atoms with Gasteiger partial charge in [-0.15, -0.1) is 11.8 Å². The van der Waals surface area contributed by atoms with Gasteiger partial charge in [0, 0.05) is 18.9 Å². The standard InChI is InChI=1S/C22H28N2O5S3/c1-15(25)29-11-12-30-20-14-23-22(31-20)24-21(26)19(13-16-5-3-4-6-16)17-7-9-18(10-8-17)32(2,27)28/h7-10,14,16,19H,3-6,11-13H2,1-2H3,(H,23,24,26)/t19-/m1/s1. The number of hydrogen-bond acceptors (Lipinski definition) is 8. The fraction of sp³-hybridized carbons (Fsp3) is 0.500. The van der Waals surface area contributed by atoms with Gasteiger partial charge in [-0.3, -0.25) is 9.59 Å². The molecule has 2 aromatic rings. The molecular weight excluding hydrogens is 468 g/mol. The predicted octanol–water partition coefficient (Wildman–Crippen LogP) is 4.50. The molecule has 1 aliphatic rings. The van der Waals surface area contributed by atoms with Crippen molar-refractivity contribution in [2.75, 3.05) is 23.9 Å². The number of hydrogen-bond donors (Lipinski definition) is 1. The molecule has 0 aliphatic heterocycles. The number of thiazole rings is 1. The van der Waals surface area contributed by atoms with Crippen LogP contribution in [0.3, 0.4) is 0 Å². The molecule has 1 fully saturated rings. The first kappa shape index (κ1) is 24.7. The average Bonchev–Trinajstić information content (AvgIpc) is 3.41. The molecule has 7 nitrogen and oxygen atoms in total. The topological polar surface area (TPSA) is 102 Å². The number of carbonyl (C=O) groups excluding carboxylic acids is 2. The van der Waals surface area contributed by atoms with Crippen molar-refractivity contribution in [3.63, 3.8) is 0 Å². The SMILES string of the molecule is CC(=O)OCCSc1cnc(NC(=O)[C@H](CC2CCCC2)c2ccc(S(C)(=O)=O)cc2)s1. The summed E-state index contributed by atoms with van der Waals surface area (Å²) in [5.74, 6) is 0.307. The van der Waals surface area contributed by atoms with Crippen LogP contribution in [0.2, 0.25) is 0 Å². The summed E-state index contributed by atoms with van der Waals surface area (Å²) in [6.07, 6.45) is 8.22. The molecule has 3 rings (SSSR count). The van der Waals surface area contributed by atoms with Crippen LogP contribution in [-0.2, 0) is 24.2 Å². The number of anilines is 1. The van der Waals surface area contributed by atoms with E-state index in [9.17, 15) is 18.0 Å². The summed E-state index contributed by atoms with van der Waals surface area (Å²) in [5.41, 5.74) is 0.814. The summed E-state index contributed by atoms with van der Waals surface area (Å²) in [4.78, 5) is 28.6. The highest BCUT2D eigenvalue weighted by Crippen LogP contribution is 2.36. The number of sulfone groups is 1. The van der Waals surface area contributed by atoms with E-state index in [2.05, 4.69) is 10.3 Å². The Balaban J connectivity index is 1.68. The first-order valence-electron chi connectivity index (χ1n) is 10.5. The minimum Gasteiger partial charge on any atom is -0.465 e. The molecule has 1 heterocycles. The first-order valence-corrected chi connectivity index (χ1v) is 14.2. The largest absolute Gasteiger partial charge is 0.465 e. The van der Waals surface area contributed by atoms with Gasteiger partial charge in [-0.2, -0.15) is 0 Å². The van der Waals surface area contributed by atoms with Crippen molar-refractivity contribution < 1.29 is 22.7 Å². The molecule has 1 atom stereocenters. The summed E-state index contributed by atoms with van der Waals surface area (Å²) in [5, 5.41) is 3.46. The van der Waals surface area contributed by atoms with Crippen LogP contribution in [0.25, 0.3) is 0 Å². The number of amides is 1. The van der Waals surface area contributed by atoms with Gasteiger partial charge in [0.15, 0.2) is 15.0 Å². The lowest BCUT2D eigenvalue weighted by atomic mass is 9.87. The maximum atomic E-state index is 13.2. The van der Waals surface area contributed by atoms with Gasteiger partial charge in [0.2, 0.25) is 5.91 Å². The maximum Gasteiger partial charge on any atom is 0.302 e. The molecule has 1 saturated carbocycles. The zero-order valence-corrected chi connectivity index (χ0v) is 20.7. The number of nitrogens with one attached hydrogen (secondary N) is 1. The molecule has 32 heavy (non-hydrogen) atoms. The average molecular weight is 497 g/mol. The van der Waals surface area contributed by atoms with Gasteiger partial charge >= 0.3 is 5.97 Å². The molecule has 1 aromatic heterocycles. The lowest BCUT2D eigenvalue weighted by Gasteiger charge is -2.20. The normalized spacial score (nSPS) is 15.4. The Morgan fingerprint density at radius 1 is 1.25 bits per heavy atom. The predicted molar refractivity (Wildman–Crippen MR) is 127 cm³/mol. The third-order valence-electron chi connectivity index (χ3n) is 5.42. The van der Waals surface area contributed by atoms with Crippen LogP contribution in [0.5, 0.6) is 0 Å². The monoisotopic (exact) mass is 496 g/mol. The molecule has 0 bridgehead atoms. The number of rotatable bonds is 10. The van der Waals surface area contributed by atoms with Crippen LogP contribution in [-0.4, -0.2) is 43.9 Å². The van der Waals surface area contributed by atoms with Gasteiger partial charge in [0.1, 0.15) is 6.61 Å². The first-order chi connectivity index (χ1) is 15.2. The number of esters is 1. The van der Waals surface area contributed by atoms with E-state index in [4.69, 9.17) is 4.74 Å². The Labute approximate surface area is 197 Å². The molecule has 174 valence electrons.